The van der Waals surface area contributed by atoms with E-state index >= 15 is 0 Å². The van der Waals surface area contributed by atoms with Crippen molar-refractivity contribution in [3.05, 3.63) is 0 Å². The molecule has 1 nitrogen and oxygen atoms in total. The Kier molecular flexibility index (Phi) is 2.16. The molecule has 0 aromatic heterocycles. The first-order chi connectivity index (χ1) is 5.72. The lowest BCUT2D eigenvalue weighted by molar-refractivity contribution is -0.735. The van der Waals surface area contributed by atoms with Gasteiger partial charge in [0.05, 0.1) is 12.1 Å². The minimum absolute atomic E-state index is 0.692. The van der Waals surface area contributed by atoms with E-state index in [1.807, 2.05) is 0 Å². The summed E-state index contributed by atoms with van der Waals surface area (Å²) in [5.41, 5.74) is 0.692. The molecule has 70 valence electrons. The first-order valence-corrected chi connectivity index (χ1v) is 5.56. The van der Waals surface area contributed by atoms with Crippen LogP contribution in [0.2, 0.25) is 0 Å². The number of quaternary nitrogens is 1. The van der Waals surface area contributed by atoms with E-state index in [-0.39, 0.29) is 0 Å². The smallest absolute Gasteiger partial charge is 0.0966 e. The summed E-state index contributed by atoms with van der Waals surface area (Å²) in [6.07, 6.45) is 7.38. The van der Waals surface area contributed by atoms with Crippen LogP contribution < -0.4 is 5.32 Å². The molecule has 12 heavy (non-hydrogen) atoms. The van der Waals surface area contributed by atoms with Gasteiger partial charge < -0.3 is 5.32 Å². The van der Waals surface area contributed by atoms with Gasteiger partial charge in [-0.25, -0.2) is 0 Å². The molecule has 1 heteroatoms. The van der Waals surface area contributed by atoms with Crippen molar-refractivity contribution in [2.45, 2.75) is 51.5 Å². The molecule has 1 heterocycles. The molecule has 0 radical (unpaired) electrons. The first kappa shape index (κ1) is 8.55. The standard InChI is InChI=1S/C11H21N/c1-9-7-11(8-10(9)2)5-3-4-6-12-11/h9-10,12H,3-8H2,1-2H3/p+1/t9-,10-/m0/s1. The maximum atomic E-state index is 2.65. The molecular weight excluding hydrogens is 146 g/mol. The molecule has 1 aliphatic heterocycles. The average Bonchev–Trinajstić information content (AvgIpc) is 2.29. The Bertz CT molecular complexity index is 146. The SMILES string of the molecule is C[C@H]1CC2(CCCC[NH2+]2)C[C@@H]1C. The Labute approximate surface area is 75.9 Å². The highest BCUT2D eigenvalue weighted by Crippen LogP contribution is 2.39. The molecule has 0 amide bonds. The van der Waals surface area contributed by atoms with Crippen LogP contribution in [0.25, 0.3) is 0 Å². The Morgan fingerprint density at radius 1 is 1.08 bits per heavy atom. The van der Waals surface area contributed by atoms with E-state index in [2.05, 4.69) is 19.2 Å². The van der Waals surface area contributed by atoms with Crippen molar-refractivity contribution in [1.29, 1.82) is 0 Å². The third-order valence-electron chi connectivity index (χ3n) is 4.13. The van der Waals surface area contributed by atoms with Crippen molar-refractivity contribution in [2.24, 2.45) is 11.8 Å². The van der Waals surface area contributed by atoms with E-state index in [9.17, 15) is 0 Å². The zero-order valence-electron chi connectivity index (χ0n) is 8.47. The van der Waals surface area contributed by atoms with Gasteiger partial charge in [0.25, 0.3) is 0 Å². The number of rotatable bonds is 0. The van der Waals surface area contributed by atoms with E-state index in [1.54, 1.807) is 0 Å². The summed E-state index contributed by atoms with van der Waals surface area (Å²) in [5, 5.41) is 2.65. The normalized spacial score (nSPS) is 40.5. The molecule has 0 unspecified atom stereocenters. The molecular formula is C11H22N+. The monoisotopic (exact) mass is 168 g/mol. The van der Waals surface area contributed by atoms with Crippen molar-refractivity contribution in [1.82, 2.24) is 0 Å². The van der Waals surface area contributed by atoms with E-state index in [0.717, 1.165) is 11.8 Å². The largest absolute Gasteiger partial charge is 0.341 e. The van der Waals surface area contributed by atoms with Crippen molar-refractivity contribution in [2.75, 3.05) is 6.54 Å². The number of hydrogen-bond donors (Lipinski definition) is 1. The molecule has 0 aromatic carbocycles. The zero-order chi connectivity index (χ0) is 8.60. The molecule has 1 aliphatic carbocycles. The summed E-state index contributed by atoms with van der Waals surface area (Å²) in [6.45, 7) is 6.25. The summed E-state index contributed by atoms with van der Waals surface area (Å²) in [7, 11) is 0. The quantitative estimate of drug-likeness (QED) is 0.565. The van der Waals surface area contributed by atoms with Gasteiger partial charge in [-0.3, -0.25) is 0 Å². The van der Waals surface area contributed by atoms with Gasteiger partial charge in [-0.05, 0) is 24.7 Å². The fraction of sp³-hybridized carbons (Fsp3) is 1.00. The van der Waals surface area contributed by atoms with Crippen LogP contribution in [0.4, 0.5) is 0 Å². The topological polar surface area (TPSA) is 16.6 Å². The second kappa shape index (κ2) is 3.02. The number of nitrogens with two attached hydrogens (primary N) is 1. The minimum atomic E-state index is 0.692. The molecule has 0 aromatic rings. The van der Waals surface area contributed by atoms with E-state index in [1.165, 1.54) is 38.6 Å². The van der Waals surface area contributed by atoms with Gasteiger partial charge in [0.2, 0.25) is 0 Å². The lowest BCUT2D eigenvalue weighted by Crippen LogP contribution is -2.97. The molecule has 1 spiro atoms. The maximum Gasteiger partial charge on any atom is 0.0966 e. The number of piperidine rings is 1. The first-order valence-electron chi connectivity index (χ1n) is 5.56. The van der Waals surface area contributed by atoms with Gasteiger partial charge in [-0.15, -0.1) is 0 Å². The van der Waals surface area contributed by atoms with Crippen LogP contribution in [0.15, 0.2) is 0 Å². The zero-order valence-corrected chi connectivity index (χ0v) is 8.47. The van der Waals surface area contributed by atoms with Crippen LogP contribution in [-0.4, -0.2) is 12.1 Å². The molecule has 1 saturated carbocycles. The Balaban J connectivity index is 2.02. The third kappa shape index (κ3) is 1.39. The van der Waals surface area contributed by atoms with Gasteiger partial charge in [-0.2, -0.15) is 0 Å². The Morgan fingerprint density at radius 3 is 2.25 bits per heavy atom. The van der Waals surface area contributed by atoms with Crippen LogP contribution in [-0.2, 0) is 0 Å². The van der Waals surface area contributed by atoms with Crippen LogP contribution in [0.5, 0.6) is 0 Å². The second-order valence-corrected chi connectivity index (χ2v) is 5.18. The maximum absolute atomic E-state index is 2.65. The van der Waals surface area contributed by atoms with Gasteiger partial charge in [0.1, 0.15) is 0 Å². The van der Waals surface area contributed by atoms with Crippen LogP contribution in [0.3, 0.4) is 0 Å². The fourth-order valence-electron chi connectivity index (χ4n) is 3.27. The van der Waals surface area contributed by atoms with Gasteiger partial charge in [0.15, 0.2) is 0 Å². The summed E-state index contributed by atoms with van der Waals surface area (Å²) in [6, 6.07) is 0. The highest BCUT2D eigenvalue weighted by atomic mass is 15.0. The summed E-state index contributed by atoms with van der Waals surface area (Å²) < 4.78 is 0. The van der Waals surface area contributed by atoms with E-state index < -0.39 is 0 Å². The lowest BCUT2D eigenvalue weighted by Gasteiger charge is -2.31. The highest BCUT2D eigenvalue weighted by molar-refractivity contribution is 4.91. The Hall–Kier alpha value is -0.0400. The average molecular weight is 168 g/mol. The summed E-state index contributed by atoms with van der Waals surface area (Å²) >= 11 is 0. The molecule has 2 N–H and O–H groups in total. The van der Waals surface area contributed by atoms with Crippen LogP contribution >= 0.6 is 0 Å². The Morgan fingerprint density at radius 2 is 1.75 bits per heavy atom. The van der Waals surface area contributed by atoms with Crippen molar-refractivity contribution >= 4 is 0 Å². The van der Waals surface area contributed by atoms with Crippen LogP contribution in [0.1, 0.15) is 46.0 Å². The van der Waals surface area contributed by atoms with Crippen LogP contribution in [0, 0.1) is 11.8 Å². The van der Waals surface area contributed by atoms with E-state index in [4.69, 9.17) is 0 Å². The predicted octanol–water partition coefficient (Wildman–Crippen LogP) is 1.54. The van der Waals surface area contributed by atoms with E-state index in [0.29, 0.717) is 5.54 Å². The molecule has 0 bridgehead atoms. The molecule has 2 fully saturated rings. The van der Waals surface area contributed by atoms with Crippen molar-refractivity contribution in [3.8, 4) is 0 Å². The molecule has 1 saturated heterocycles. The van der Waals surface area contributed by atoms with Gasteiger partial charge >= 0.3 is 0 Å². The van der Waals surface area contributed by atoms with Gasteiger partial charge in [-0.1, -0.05) is 13.8 Å². The highest BCUT2D eigenvalue weighted by Gasteiger charge is 2.45. The van der Waals surface area contributed by atoms with Crippen molar-refractivity contribution in [3.63, 3.8) is 0 Å². The predicted molar refractivity (Wildman–Crippen MR) is 50.9 cm³/mol. The molecule has 2 rings (SSSR count). The van der Waals surface area contributed by atoms with Gasteiger partial charge in [0, 0.05) is 19.3 Å². The molecule has 2 aliphatic rings. The molecule has 2 atom stereocenters. The number of hydrogen-bond acceptors (Lipinski definition) is 0. The van der Waals surface area contributed by atoms with Crippen molar-refractivity contribution < 1.29 is 5.32 Å². The lowest BCUT2D eigenvalue weighted by atomic mass is 9.86. The summed E-state index contributed by atoms with van der Waals surface area (Å²) in [5.74, 6) is 1.94. The summed E-state index contributed by atoms with van der Waals surface area (Å²) in [4.78, 5) is 0. The fourth-order valence-corrected chi connectivity index (χ4v) is 3.27. The third-order valence-corrected chi connectivity index (χ3v) is 4.13. The minimum Gasteiger partial charge on any atom is -0.341 e. The second-order valence-electron chi connectivity index (χ2n) is 5.18.